The Morgan fingerprint density at radius 1 is 0.977 bits per heavy atom. The van der Waals surface area contributed by atoms with E-state index in [9.17, 15) is 19.5 Å². The number of aromatic hydroxyl groups is 1. The molecule has 0 aliphatic heterocycles. The highest BCUT2D eigenvalue weighted by molar-refractivity contribution is 6.17. The fourth-order valence-electron chi connectivity index (χ4n) is 4.21. The van der Waals surface area contributed by atoms with Crippen molar-refractivity contribution in [3.63, 3.8) is 0 Å². The number of para-hydroxylation sites is 1. The molecule has 2 heterocycles. The molecule has 0 bridgehead atoms. The number of nitrogens with one attached hydrogen (secondary N) is 3. The van der Waals surface area contributed by atoms with Crippen molar-refractivity contribution in [1.29, 1.82) is 0 Å². The fourth-order valence-corrected chi connectivity index (χ4v) is 4.21. The highest BCUT2D eigenvalue weighted by Crippen LogP contribution is 2.40. The second kappa shape index (κ2) is 13.0. The minimum Gasteiger partial charge on any atom is -0.505 e. The zero-order chi connectivity index (χ0) is 31.1. The number of hydrogen-bond donors (Lipinski definition) is 4. The SMILES string of the molecule is [C-]#[N+]c1cnn(-c2ncccn2)c1N=Nc1cc2ccc(C(=O)NCC(=O)NCC)cc2c(C(=O)Nc2ccccc2)c1O. The van der Waals surface area contributed by atoms with Crippen molar-refractivity contribution >= 4 is 51.4 Å². The molecule has 44 heavy (non-hydrogen) atoms. The van der Waals surface area contributed by atoms with Crippen molar-refractivity contribution < 1.29 is 19.5 Å². The smallest absolute Gasteiger partial charge is 0.260 e. The number of fused-ring (bicyclic) bond motifs is 1. The summed E-state index contributed by atoms with van der Waals surface area (Å²) in [6, 6.07) is 16.3. The number of phenolic OH excluding ortho intramolecular Hbond substituents is 1. The van der Waals surface area contributed by atoms with E-state index in [-0.39, 0.29) is 52.1 Å². The number of carbonyl (C=O) groups is 3. The van der Waals surface area contributed by atoms with Crippen molar-refractivity contribution in [2.75, 3.05) is 18.4 Å². The van der Waals surface area contributed by atoms with Crippen LogP contribution in [0.2, 0.25) is 0 Å². The molecule has 14 heteroatoms. The third kappa shape index (κ3) is 6.21. The quantitative estimate of drug-likeness (QED) is 0.143. The summed E-state index contributed by atoms with van der Waals surface area (Å²) in [6.45, 7) is 9.45. The van der Waals surface area contributed by atoms with Gasteiger partial charge in [0.05, 0.1) is 24.9 Å². The first-order valence-corrected chi connectivity index (χ1v) is 13.2. The molecule has 2 aromatic heterocycles. The molecule has 218 valence electrons. The Morgan fingerprint density at radius 3 is 2.48 bits per heavy atom. The van der Waals surface area contributed by atoms with Crippen molar-refractivity contribution in [2.45, 2.75) is 6.92 Å². The van der Waals surface area contributed by atoms with Crippen molar-refractivity contribution in [3.8, 4) is 11.7 Å². The summed E-state index contributed by atoms with van der Waals surface area (Å²) in [4.78, 5) is 49.9. The summed E-state index contributed by atoms with van der Waals surface area (Å²) >= 11 is 0. The zero-order valence-electron chi connectivity index (χ0n) is 23.2. The normalized spacial score (nSPS) is 10.8. The average Bonchev–Trinajstić information content (AvgIpc) is 3.46. The molecule has 4 N–H and O–H groups in total. The van der Waals surface area contributed by atoms with Gasteiger partial charge in [0.1, 0.15) is 5.69 Å². The van der Waals surface area contributed by atoms with Crippen LogP contribution in [0.15, 0.2) is 89.5 Å². The van der Waals surface area contributed by atoms with Crippen LogP contribution < -0.4 is 16.0 Å². The van der Waals surface area contributed by atoms with E-state index >= 15 is 0 Å². The molecule has 5 rings (SSSR count). The Morgan fingerprint density at radius 2 is 1.75 bits per heavy atom. The molecular formula is C30H24N10O4. The third-order valence-corrected chi connectivity index (χ3v) is 6.24. The monoisotopic (exact) mass is 588 g/mol. The minimum absolute atomic E-state index is 0.0140. The van der Waals surface area contributed by atoms with Gasteiger partial charge < -0.3 is 21.1 Å². The van der Waals surface area contributed by atoms with Crippen LogP contribution in [0.1, 0.15) is 27.6 Å². The predicted octanol–water partition coefficient (Wildman–Crippen LogP) is 4.61. The molecule has 3 amide bonds. The lowest BCUT2D eigenvalue weighted by atomic mass is 9.98. The van der Waals surface area contributed by atoms with Crippen LogP contribution in [0.5, 0.6) is 5.75 Å². The van der Waals surface area contributed by atoms with Gasteiger partial charge in [0, 0.05) is 30.2 Å². The van der Waals surface area contributed by atoms with Gasteiger partial charge in [-0.1, -0.05) is 24.3 Å². The summed E-state index contributed by atoms with van der Waals surface area (Å²) in [6.07, 6.45) is 4.29. The summed E-state index contributed by atoms with van der Waals surface area (Å²) in [5.74, 6) is -1.90. The van der Waals surface area contributed by atoms with Crippen LogP contribution in [-0.2, 0) is 4.79 Å². The van der Waals surface area contributed by atoms with E-state index in [0.717, 1.165) is 0 Å². The van der Waals surface area contributed by atoms with Crippen LogP contribution >= 0.6 is 0 Å². The van der Waals surface area contributed by atoms with Gasteiger partial charge in [-0.2, -0.15) is 9.78 Å². The second-order valence-corrected chi connectivity index (χ2v) is 9.14. The van der Waals surface area contributed by atoms with E-state index in [1.165, 1.54) is 41.5 Å². The standard InChI is InChI=1S/C30H24N10O4/c1-3-32-24(41)17-35-28(43)19-11-10-18-15-22(26(42)25(21(18)14-19)29(44)37-20-8-5-4-6-9-20)38-39-27-23(31-2)16-36-40(27)30-33-12-7-13-34-30/h4-16,42H,3,17H2,1H3,(H,32,41)(H,35,43)(H,37,44). The lowest BCUT2D eigenvalue weighted by Gasteiger charge is -2.13. The molecule has 0 fully saturated rings. The molecule has 0 saturated carbocycles. The highest BCUT2D eigenvalue weighted by atomic mass is 16.3. The molecule has 0 atom stereocenters. The van der Waals surface area contributed by atoms with E-state index in [1.54, 1.807) is 49.4 Å². The number of benzene rings is 3. The first kappa shape index (κ1) is 29.0. The number of phenols is 1. The first-order chi connectivity index (χ1) is 21.4. The topological polar surface area (TPSA) is 180 Å². The Balaban J connectivity index is 1.58. The maximum atomic E-state index is 13.6. The van der Waals surface area contributed by atoms with Gasteiger partial charge in [0.15, 0.2) is 11.6 Å². The van der Waals surface area contributed by atoms with Gasteiger partial charge in [0.25, 0.3) is 23.5 Å². The Hall–Kier alpha value is -6.49. The molecule has 0 aliphatic rings. The Labute approximate surface area is 250 Å². The average molecular weight is 589 g/mol. The number of amides is 3. The van der Waals surface area contributed by atoms with Crippen LogP contribution in [0.4, 0.5) is 22.9 Å². The number of aromatic nitrogens is 4. The molecule has 0 aliphatic carbocycles. The number of hydrogen-bond acceptors (Lipinski definition) is 9. The number of rotatable bonds is 9. The molecule has 5 aromatic rings. The Bertz CT molecular complexity index is 1930. The fraction of sp³-hybridized carbons (Fsp3) is 0.100. The van der Waals surface area contributed by atoms with Gasteiger partial charge in [0.2, 0.25) is 5.91 Å². The van der Waals surface area contributed by atoms with Crippen LogP contribution in [0.25, 0.3) is 21.6 Å². The molecule has 0 unspecified atom stereocenters. The molecule has 0 radical (unpaired) electrons. The summed E-state index contributed by atoms with van der Waals surface area (Å²) in [7, 11) is 0. The number of nitrogens with zero attached hydrogens (tertiary/aromatic N) is 7. The summed E-state index contributed by atoms with van der Waals surface area (Å²) in [5.41, 5.74) is 0.455. The number of azo groups is 1. The van der Waals surface area contributed by atoms with Crippen LogP contribution in [0, 0.1) is 6.57 Å². The molecule has 14 nitrogen and oxygen atoms in total. The maximum Gasteiger partial charge on any atom is 0.260 e. The van der Waals surface area contributed by atoms with E-state index in [1.807, 2.05) is 0 Å². The maximum absolute atomic E-state index is 13.6. The van der Waals surface area contributed by atoms with Crippen LogP contribution in [0.3, 0.4) is 0 Å². The van der Waals surface area contributed by atoms with E-state index in [2.05, 4.69) is 46.1 Å². The van der Waals surface area contributed by atoms with Crippen molar-refractivity contribution in [2.24, 2.45) is 10.2 Å². The molecule has 0 saturated heterocycles. The van der Waals surface area contributed by atoms with Gasteiger partial charge in [-0.25, -0.2) is 14.8 Å². The van der Waals surface area contributed by atoms with Gasteiger partial charge in [-0.3, -0.25) is 14.4 Å². The van der Waals surface area contributed by atoms with E-state index in [0.29, 0.717) is 17.6 Å². The molecule has 3 aromatic carbocycles. The summed E-state index contributed by atoms with van der Waals surface area (Å²) < 4.78 is 1.23. The zero-order valence-corrected chi connectivity index (χ0v) is 23.2. The van der Waals surface area contributed by atoms with Crippen molar-refractivity contribution in [1.82, 2.24) is 30.4 Å². The summed E-state index contributed by atoms with van der Waals surface area (Å²) in [5, 5.41) is 32.4. The van der Waals surface area contributed by atoms with Crippen LogP contribution in [-0.4, -0.2) is 55.7 Å². The number of anilines is 1. The number of likely N-dealkylation sites (N-methyl/N-ethyl adjacent to an activating group) is 1. The van der Waals surface area contributed by atoms with E-state index < -0.39 is 17.6 Å². The minimum atomic E-state index is -0.666. The van der Waals surface area contributed by atoms with E-state index in [4.69, 9.17) is 6.57 Å². The van der Waals surface area contributed by atoms with Gasteiger partial charge >= 0.3 is 0 Å². The van der Waals surface area contributed by atoms with Gasteiger partial charge in [-0.05, 0) is 54.1 Å². The lowest BCUT2D eigenvalue weighted by molar-refractivity contribution is -0.120. The largest absolute Gasteiger partial charge is 0.505 e. The second-order valence-electron chi connectivity index (χ2n) is 9.14. The number of carbonyl (C=O) groups excluding carboxylic acids is 3. The van der Waals surface area contributed by atoms with Gasteiger partial charge in [-0.15, -0.1) is 10.2 Å². The third-order valence-electron chi connectivity index (χ3n) is 6.24. The first-order valence-electron chi connectivity index (χ1n) is 13.2. The lowest BCUT2D eigenvalue weighted by Crippen LogP contribution is -2.36. The predicted molar refractivity (Wildman–Crippen MR) is 161 cm³/mol. The van der Waals surface area contributed by atoms with Crippen molar-refractivity contribution in [3.05, 3.63) is 102 Å². The molecular weight excluding hydrogens is 564 g/mol. The molecule has 0 spiro atoms. The Kier molecular flexibility index (Phi) is 8.57. The highest BCUT2D eigenvalue weighted by Gasteiger charge is 2.22.